The highest BCUT2D eigenvalue weighted by molar-refractivity contribution is 9.10. The summed E-state index contributed by atoms with van der Waals surface area (Å²) in [7, 11) is 0. The minimum absolute atomic E-state index is 0.323. The molecule has 0 aliphatic rings. The van der Waals surface area contributed by atoms with E-state index in [1.54, 1.807) is 12.4 Å². The summed E-state index contributed by atoms with van der Waals surface area (Å²) in [6.07, 6.45) is 3.20. The van der Waals surface area contributed by atoms with Gasteiger partial charge in [0, 0.05) is 23.4 Å². The lowest BCUT2D eigenvalue weighted by molar-refractivity contribution is 0.288. The van der Waals surface area contributed by atoms with Crippen LogP contribution in [0.15, 0.2) is 41.1 Å². The van der Waals surface area contributed by atoms with Crippen molar-refractivity contribution < 1.29 is 4.74 Å². The largest absolute Gasteiger partial charge is 0.471 e. The van der Waals surface area contributed by atoms with Crippen LogP contribution in [0.25, 0.3) is 0 Å². The van der Waals surface area contributed by atoms with Gasteiger partial charge in [0.2, 0.25) is 5.88 Å². The molecule has 0 saturated heterocycles. The van der Waals surface area contributed by atoms with Crippen LogP contribution in [0.4, 0.5) is 0 Å². The van der Waals surface area contributed by atoms with Crippen molar-refractivity contribution in [3.8, 4) is 5.88 Å². The van der Waals surface area contributed by atoms with Crippen LogP contribution in [0, 0.1) is 0 Å². The molecule has 2 rings (SSSR count). The quantitative estimate of drug-likeness (QED) is 0.939. The summed E-state index contributed by atoms with van der Waals surface area (Å²) in [4.78, 5) is 8.21. The molecule has 0 atom stereocenters. The Kier molecular flexibility index (Phi) is 4.06. The molecule has 1 aromatic carbocycles. The lowest BCUT2D eigenvalue weighted by Crippen LogP contribution is -2.06. The molecule has 2 aromatic rings. The van der Waals surface area contributed by atoms with E-state index in [0.717, 1.165) is 10.0 Å². The molecule has 0 fully saturated rings. The number of nitrogens with zero attached hydrogens (tertiary/aromatic N) is 2. The molecule has 1 aromatic heterocycles. The summed E-state index contributed by atoms with van der Waals surface area (Å²) in [6.45, 7) is 0.780. The van der Waals surface area contributed by atoms with E-state index in [-0.39, 0.29) is 0 Å². The van der Waals surface area contributed by atoms with Gasteiger partial charge in [0.05, 0.1) is 0 Å². The first-order valence-electron chi connectivity index (χ1n) is 5.17. The first-order valence-corrected chi connectivity index (χ1v) is 5.96. The summed E-state index contributed by atoms with van der Waals surface area (Å²) >= 11 is 3.38. The Morgan fingerprint density at radius 2 is 1.82 bits per heavy atom. The molecular weight excluding hydrogens is 282 g/mol. The molecule has 0 radical (unpaired) electrons. The molecule has 0 saturated carbocycles. The Morgan fingerprint density at radius 3 is 2.53 bits per heavy atom. The van der Waals surface area contributed by atoms with Gasteiger partial charge >= 0.3 is 0 Å². The number of aromatic nitrogens is 2. The summed E-state index contributed by atoms with van der Waals surface area (Å²) in [6, 6.07) is 7.92. The minimum Gasteiger partial charge on any atom is -0.471 e. The van der Waals surface area contributed by atoms with E-state index in [0.29, 0.717) is 24.7 Å². The fraction of sp³-hybridized carbons (Fsp3) is 0.167. The predicted molar refractivity (Wildman–Crippen MR) is 68.4 cm³/mol. The van der Waals surface area contributed by atoms with Gasteiger partial charge in [0.25, 0.3) is 0 Å². The first-order chi connectivity index (χ1) is 8.29. The van der Waals surface area contributed by atoms with E-state index in [1.165, 1.54) is 0 Å². The lowest BCUT2D eigenvalue weighted by Gasteiger charge is -2.07. The molecule has 0 unspecified atom stereocenters. The van der Waals surface area contributed by atoms with Crippen molar-refractivity contribution in [3.63, 3.8) is 0 Å². The van der Waals surface area contributed by atoms with E-state index in [4.69, 9.17) is 10.5 Å². The molecule has 2 N–H and O–H groups in total. The van der Waals surface area contributed by atoms with E-state index in [2.05, 4.69) is 25.9 Å². The number of nitrogens with two attached hydrogens (primary N) is 1. The van der Waals surface area contributed by atoms with Crippen molar-refractivity contribution in [1.29, 1.82) is 0 Å². The monoisotopic (exact) mass is 293 g/mol. The molecule has 0 spiro atoms. The molecule has 17 heavy (non-hydrogen) atoms. The number of benzene rings is 1. The molecule has 1 heterocycles. The van der Waals surface area contributed by atoms with Crippen molar-refractivity contribution >= 4 is 15.9 Å². The highest BCUT2D eigenvalue weighted by Crippen LogP contribution is 2.15. The molecule has 88 valence electrons. The van der Waals surface area contributed by atoms with Gasteiger partial charge in [0.1, 0.15) is 12.3 Å². The number of hydrogen-bond donors (Lipinski definition) is 1. The average Bonchev–Trinajstić information content (AvgIpc) is 2.38. The maximum absolute atomic E-state index is 5.59. The van der Waals surface area contributed by atoms with Crippen LogP contribution in [-0.2, 0) is 13.2 Å². The van der Waals surface area contributed by atoms with E-state index < -0.39 is 0 Å². The maximum Gasteiger partial charge on any atom is 0.237 e. The SMILES string of the molecule is NCc1nccnc1OCc1ccc(Br)cc1. The Balaban J connectivity index is 2.04. The minimum atomic E-state index is 0.323. The second kappa shape index (κ2) is 5.75. The zero-order valence-corrected chi connectivity index (χ0v) is 10.7. The average molecular weight is 294 g/mol. The van der Waals surface area contributed by atoms with Crippen molar-refractivity contribution in [2.75, 3.05) is 0 Å². The van der Waals surface area contributed by atoms with Crippen molar-refractivity contribution in [2.24, 2.45) is 5.73 Å². The summed E-state index contributed by atoms with van der Waals surface area (Å²) in [5.41, 5.74) is 7.29. The van der Waals surface area contributed by atoms with Crippen LogP contribution in [0.1, 0.15) is 11.3 Å². The van der Waals surface area contributed by atoms with Crippen LogP contribution < -0.4 is 10.5 Å². The second-order valence-electron chi connectivity index (χ2n) is 3.43. The molecular formula is C12H12BrN3O. The Morgan fingerprint density at radius 1 is 1.12 bits per heavy atom. The molecule has 0 bridgehead atoms. The van der Waals surface area contributed by atoms with Crippen LogP contribution in [0.2, 0.25) is 0 Å². The number of rotatable bonds is 4. The molecule has 0 amide bonds. The Hall–Kier alpha value is -1.46. The zero-order chi connectivity index (χ0) is 12.1. The van der Waals surface area contributed by atoms with Crippen LogP contribution in [-0.4, -0.2) is 9.97 Å². The van der Waals surface area contributed by atoms with Crippen LogP contribution in [0.5, 0.6) is 5.88 Å². The van der Waals surface area contributed by atoms with Gasteiger partial charge < -0.3 is 10.5 Å². The number of halogens is 1. The van der Waals surface area contributed by atoms with Crippen molar-refractivity contribution in [1.82, 2.24) is 9.97 Å². The fourth-order valence-electron chi connectivity index (χ4n) is 1.35. The Bertz CT molecular complexity index is 487. The first kappa shape index (κ1) is 12.0. The van der Waals surface area contributed by atoms with Gasteiger partial charge in [-0.1, -0.05) is 28.1 Å². The zero-order valence-electron chi connectivity index (χ0n) is 9.14. The fourth-order valence-corrected chi connectivity index (χ4v) is 1.61. The van der Waals surface area contributed by atoms with Gasteiger partial charge in [-0.25, -0.2) is 4.98 Å². The smallest absolute Gasteiger partial charge is 0.237 e. The third-order valence-corrected chi connectivity index (χ3v) is 2.75. The van der Waals surface area contributed by atoms with Gasteiger partial charge in [-0.2, -0.15) is 0 Å². The third kappa shape index (κ3) is 3.25. The van der Waals surface area contributed by atoms with Crippen molar-refractivity contribution in [2.45, 2.75) is 13.2 Å². The Labute approximate surface area is 108 Å². The van der Waals surface area contributed by atoms with Crippen molar-refractivity contribution in [3.05, 3.63) is 52.4 Å². The number of hydrogen-bond acceptors (Lipinski definition) is 4. The van der Waals surface area contributed by atoms with Gasteiger partial charge in [0.15, 0.2) is 0 Å². The maximum atomic E-state index is 5.59. The van der Waals surface area contributed by atoms with E-state index in [1.807, 2.05) is 24.3 Å². The molecule has 0 aliphatic carbocycles. The lowest BCUT2D eigenvalue weighted by atomic mass is 10.2. The highest BCUT2D eigenvalue weighted by Gasteiger charge is 2.04. The topological polar surface area (TPSA) is 61.0 Å². The second-order valence-corrected chi connectivity index (χ2v) is 4.34. The number of ether oxygens (including phenoxy) is 1. The van der Waals surface area contributed by atoms with E-state index in [9.17, 15) is 0 Å². The summed E-state index contributed by atoms with van der Waals surface area (Å²) < 4.78 is 6.63. The van der Waals surface area contributed by atoms with Gasteiger partial charge in [-0.15, -0.1) is 0 Å². The standard InChI is InChI=1S/C12H12BrN3O/c13-10-3-1-9(2-4-10)8-17-12-11(7-14)15-5-6-16-12/h1-6H,7-8,14H2. The molecule has 4 nitrogen and oxygen atoms in total. The van der Waals surface area contributed by atoms with Gasteiger partial charge in [-0.3, -0.25) is 4.98 Å². The summed E-state index contributed by atoms with van der Waals surface area (Å²) in [5, 5.41) is 0. The summed E-state index contributed by atoms with van der Waals surface area (Å²) in [5.74, 6) is 0.498. The van der Waals surface area contributed by atoms with Crippen LogP contribution >= 0.6 is 15.9 Å². The normalized spacial score (nSPS) is 10.2. The van der Waals surface area contributed by atoms with E-state index >= 15 is 0 Å². The highest BCUT2D eigenvalue weighted by atomic mass is 79.9. The predicted octanol–water partition coefficient (Wildman–Crippen LogP) is 2.28. The third-order valence-electron chi connectivity index (χ3n) is 2.22. The van der Waals surface area contributed by atoms with Crippen LogP contribution in [0.3, 0.4) is 0 Å². The molecule has 0 aliphatic heterocycles. The molecule has 5 heteroatoms. The van der Waals surface area contributed by atoms with Gasteiger partial charge in [-0.05, 0) is 17.7 Å².